The summed E-state index contributed by atoms with van der Waals surface area (Å²) in [5.74, 6) is 1.71. The first-order valence-electron chi connectivity index (χ1n) is 11.1. The molecule has 2 aliphatic rings. The monoisotopic (exact) mass is 429 g/mol. The number of piperazine rings is 1. The molecule has 0 spiro atoms. The number of pyridine rings is 2. The number of anilines is 1. The molecule has 5 rings (SSSR count). The van der Waals surface area contributed by atoms with Gasteiger partial charge in [0, 0.05) is 68.2 Å². The van der Waals surface area contributed by atoms with Crippen molar-refractivity contribution >= 4 is 11.7 Å². The van der Waals surface area contributed by atoms with Gasteiger partial charge in [0.15, 0.2) is 0 Å². The summed E-state index contributed by atoms with van der Waals surface area (Å²) in [4.78, 5) is 25.8. The van der Waals surface area contributed by atoms with Gasteiger partial charge in [-0.05, 0) is 42.9 Å². The van der Waals surface area contributed by atoms with E-state index in [4.69, 9.17) is 4.74 Å². The summed E-state index contributed by atoms with van der Waals surface area (Å²) >= 11 is 0. The van der Waals surface area contributed by atoms with Gasteiger partial charge in [0.2, 0.25) is 0 Å². The van der Waals surface area contributed by atoms with E-state index in [0.29, 0.717) is 0 Å². The largest absolute Gasteiger partial charge is 0.484 e. The number of fused-ring (bicyclic) bond motifs is 1. The smallest absolute Gasteiger partial charge is 0.253 e. The van der Waals surface area contributed by atoms with Crippen LogP contribution in [-0.2, 0) is 0 Å². The number of amides is 1. The van der Waals surface area contributed by atoms with Crippen LogP contribution in [0.5, 0.6) is 5.75 Å². The fraction of sp³-hybridized carbons (Fsp3) is 0.320. The Morgan fingerprint density at radius 3 is 2.62 bits per heavy atom. The molecule has 3 aromatic rings. The van der Waals surface area contributed by atoms with Crippen molar-refractivity contribution in [2.24, 2.45) is 0 Å². The second-order valence-corrected chi connectivity index (χ2v) is 8.35. The first-order chi connectivity index (χ1) is 15.7. The van der Waals surface area contributed by atoms with Crippen LogP contribution in [0.25, 0.3) is 11.1 Å². The Labute approximate surface area is 188 Å². The van der Waals surface area contributed by atoms with Crippen LogP contribution in [-0.4, -0.2) is 65.4 Å². The Bertz CT molecular complexity index is 1080. The van der Waals surface area contributed by atoms with Gasteiger partial charge < -0.3 is 19.9 Å². The first-order valence-corrected chi connectivity index (χ1v) is 11.1. The van der Waals surface area contributed by atoms with E-state index in [0.717, 1.165) is 73.0 Å². The summed E-state index contributed by atoms with van der Waals surface area (Å²) in [6, 6.07) is 13.8. The fourth-order valence-electron chi connectivity index (χ4n) is 4.21. The molecule has 0 saturated carbocycles. The summed E-state index contributed by atoms with van der Waals surface area (Å²) in [7, 11) is 2.09. The maximum atomic E-state index is 12.8. The van der Waals surface area contributed by atoms with E-state index in [2.05, 4.69) is 33.3 Å². The minimum absolute atomic E-state index is 0.0824. The SMILES string of the molecule is CN1CCN(C(=O)c2ccc(-c3cnc4c(c3)C(Oc3cccnc3)CCN4)cc2)CC1. The molecule has 1 saturated heterocycles. The molecule has 1 N–H and O–H groups in total. The number of benzene rings is 1. The summed E-state index contributed by atoms with van der Waals surface area (Å²) in [6.07, 6.45) is 6.11. The molecule has 1 fully saturated rings. The van der Waals surface area contributed by atoms with Crippen molar-refractivity contribution in [1.29, 1.82) is 0 Å². The number of carbonyl (C=O) groups excluding carboxylic acids is 1. The molecule has 2 aliphatic heterocycles. The van der Waals surface area contributed by atoms with Gasteiger partial charge in [-0.1, -0.05) is 12.1 Å². The number of nitrogens with one attached hydrogen (secondary N) is 1. The van der Waals surface area contributed by atoms with Crippen molar-refractivity contribution in [2.75, 3.05) is 45.1 Å². The van der Waals surface area contributed by atoms with Crippen molar-refractivity contribution < 1.29 is 9.53 Å². The third kappa shape index (κ3) is 4.29. The van der Waals surface area contributed by atoms with Crippen molar-refractivity contribution in [2.45, 2.75) is 12.5 Å². The molecular formula is C25H27N5O2. The van der Waals surface area contributed by atoms with Gasteiger partial charge in [-0.15, -0.1) is 0 Å². The summed E-state index contributed by atoms with van der Waals surface area (Å²) in [5.41, 5.74) is 3.80. The van der Waals surface area contributed by atoms with Crippen molar-refractivity contribution in [3.05, 3.63) is 72.2 Å². The Morgan fingerprint density at radius 2 is 1.88 bits per heavy atom. The molecule has 0 aliphatic carbocycles. The van der Waals surface area contributed by atoms with E-state index in [1.54, 1.807) is 12.4 Å². The lowest BCUT2D eigenvalue weighted by Gasteiger charge is -2.32. The van der Waals surface area contributed by atoms with Gasteiger partial charge in [0.25, 0.3) is 5.91 Å². The zero-order valence-corrected chi connectivity index (χ0v) is 18.2. The highest BCUT2D eigenvalue weighted by molar-refractivity contribution is 5.94. The molecule has 1 amide bonds. The maximum absolute atomic E-state index is 12.8. The third-order valence-electron chi connectivity index (χ3n) is 6.13. The number of hydrogen-bond acceptors (Lipinski definition) is 6. The lowest BCUT2D eigenvalue weighted by molar-refractivity contribution is 0.0664. The number of nitrogens with zero attached hydrogens (tertiary/aromatic N) is 4. The van der Waals surface area contributed by atoms with Gasteiger partial charge in [-0.2, -0.15) is 0 Å². The summed E-state index contributed by atoms with van der Waals surface area (Å²) in [5, 5.41) is 3.36. The van der Waals surface area contributed by atoms with Crippen LogP contribution >= 0.6 is 0 Å². The number of aromatic nitrogens is 2. The molecule has 0 bridgehead atoms. The zero-order valence-electron chi connectivity index (χ0n) is 18.2. The van der Waals surface area contributed by atoms with Crippen molar-refractivity contribution in [1.82, 2.24) is 19.8 Å². The minimum Gasteiger partial charge on any atom is -0.484 e. The van der Waals surface area contributed by atoms with Crippen LogP contribution in [0.3, 0.4) is 0 Å². The molecule has 164 valence electrons. The highest BCUT2D eigenvalue weighted by Gasteiger charge is 2.24. The van der Waals surface area contributed by atoms with Gasteiger partial charge in [0.1, 0.15) is 17.7 Å². The molecule has 0 radical (unpaired) electrons. The van der Waals surface area contributed by atoms with Crippen LogP contribution in [0.4, 0.5) is 5.82 Å². The lowest BCUT2D eigenvalue weighted by Crippen LogP contribution is -2.47. The van der Waals surface area contributed by atoms with Crippen LogP contribution in [0.1, 0.15) is 28.4 Å². The van der Waals surface area contributed by atoms with Crippen LogP contribution in [0, 0.1) is 0 Å². The maximum Gasteiger partial charge on any atom is 0.253 e. The number of carbonyl (C=O) groups is 1. The standard InChI is InChI=1S/C25H27N5O2/c1-29-11-13-30(14-12-29)25(31)19-6-4-18(5-7-19)20-15-22-23(8-10-27-24(22)28-16-20)32-21-3-2-9-26-17-21/h2-7,9,15-17,23H,8,10-14H2,1H3,(H,27,28). The molecule has 1 aromatic carbocycles. The highest BCUT2D eigenvalue weighted by Crippen LogP contribution is 2.35. The topological polar surface area (TPSA) is 70.6 Å². The van der Waals surface area contributed by atoms with Gasteiger partial charge >= 0.3 is 0 Å². The molecule has 1 atom stereocenters. The third-order valence-corrected chi connectivity index (χ3v) is 6.13. The summed E-state index contributed by atoms with van der Waals surface area (Å²) < 4.78 is 6.20. The number of hydrogen-bond donors (Lipinski definition) is 1. The normalized spacial score (nSPS) is 18.5. The second-order valence-electron chi connectivity index (χ2n) is 8.35. The van der Waals surface area contributed by atoms with Crippen LogP contribution in [0.2, 0.25) is 0 Å². The Balaban J connectivity index is 1.35. The molecular weight excluding hydrogens is 402 g/mol. The predicted molar refractivity (Wildman–Crippen MR) is 124 cm³/mol. The van der Waals surface area contributed by atoms with E-state index in [-0.39, 0.29) is 12.0 Å². The molecule has 7 heteroatoms. The van der Waals surface area contributed by atoms with Gasteiger partial charge in [-0.25, -0.2) is 4.98 Å². The van der Waals surface area contributed by atoms with Crippen molar-refractivity contribution in [3.8, 4) is 16.9 Å². The average molecular weight is 430 g/mol. The first kappa shape index (κ1) is 20.5. The lowest BCUT2D eigenvalue weighted by atomic mass is 9.98. The van der Waals surface area contributed by atoms with E-state index in [1.807, 2.05) is 47.5 Å². The molecule has 1 unspecified atom stereocenters. The molecule has 4 heterocycles. The van der Waals surface area contributed by atoms with E-state index in [1.165, 1.54) is 0 Å². The van der Waals surface area contributed by atoms with Gasteiger partial charge in [0.05, 0.1) is 6.20 Å². The predicted octanol–water partition coefficient (Wildman–Crippen LogP) is 3.47. The molecule has 2 aromatic heterocycles. The average Bonchev–Trinajstić information content (AvgIpc) is 2.85. The zero-order chi connectivity index (χ0) is 21.9. The fourth-order valence-corrected chi connectivity index (χ4v) is 4.21. The second kappa shape index (κ2) is 8.96. The van der Waals surface area contributed by atoms with Crippen LogP contribution < -0.4 is 10.1 Å². The van der Waals surface area contributed by atoms with E-state index < -0.39 is 0 Å². The quantitative estimate of drug-likeness (QED) is 0.685. The van der Waals surface area contributed by atoms with Gasteiger partial charge in [-0.3, -0.25) is 9.78 Å². The Kier molecular flexibility index (Phi) is 5.73. The Hall–Kier alpha value is -3.45. The Morgan fingerprint density at radius 1 is 1.06 bits per heavy atom. The number of likely N-dealkylation sites (N-methyl/N-ethyl adjacent to an activating group) is 1. The molecule has 32 heavy (non-hydrogen) atoms. The number of ether oxygens (including phenoxy) is 1. The highest BCUT2D eigenvalue weighted by atomic mass is 16.5. The van der Waals surface area contributed by atoms with E-state index in [9.17, 15) is 4.79 Å². The van der Waals surface area contributed by atoms with E-state index >= 15 is 0 Å². The van der Waals surface area contributed by atoms with Crippen molar-refractivity contribution in [3.63, 3.8) is 0 Å². The molecule has 7 nitrogen and oxygen atoms in total. The summed E-state index contributed by atoms with van der Waals surface area (Å²) in [6.45, 7) is 4.20. The minimum atomic E-state index is -0.0824. The van der Waals surface area contributed by atoms with Crippen LogP contribution in [0.15, 0.2) is 61.1 Å². The number of rotatable bonds is 4.